The maximum absolute atomic E-state index is 13.3. The number of hydrogen-bond acceptors (Lipinski definition) is 7. The normalized spacial score (nSPS) is 11.3. The molecule has 0 bridgehead atoms. The monoisotopic (exact) mass is 416 g/mol. The van der Waals surface area contributed by atoms with Crippen molar-refractivity contribution in [2.45, 2.75) is 12.5 Å². The van der Waals surface area contributed by atoms with Gasteiger partial charge in [0.05, 0.1) is 33.4 Å². The highest BCUT2D eigenvalue weighted by atomic mass is 16.5. The number of nitrogens with two attached hydrogens (primary N) is 1. The Labute approximate surface area is 173 Å². The predicted octanol–water partition coefficient (Wildman–Crippen LogP) is 1.34. The predicted molar refractivity (Wildman–Crippen MR) is 108 cm³/mol. The second-order valence-corrected chi connectivity index (χ2v) is 6.20. The number of imide groups is 1. The van der Waals surface area contributed by atoms with Gasteiger partial charge in [-0.1, -0.05) is 30.3 Å². The van der Waals surface area contributed by atoms with Crippen LogP contribution in [0, 0.1) is 0 Å². The maximum atomic E-state index is 13.3. The quantitative estimate of drug-likeness (QED) is 0.627. The van der Waals surface area contributed by atoms with Crippen LogP contribution in [0.25, 0.3) is 0 Å². The molecule has 0 aromatic heterocycles. The number of rotatable bonds is 9. The lowest BCUT2D eigenvalue weighted by Crippen LogP contribution is -2.51. The van der Waals surface area contributed by atoms with E-state index in [9.17, 15) is 19.5 Å². The fourth-order valence-electron chi connectivity index (χ4n) is 3.05. The Morgan fingerprint density at radius 3 is 2.10 bits per heavy atom. The van der Waals surface area contributed by atoms with Gasteiger partial charge in [-0.25, -0.2) is 4.79 Å². The highest BCUT2D eigenvalue weighted by Gasteiger charge is 2.37. The lowest BCUT2D eigenvalue weighted by molar-refractivity contribution is -0.147. The maximum Gasteiger partial charge on any atom is 0.327 e. The highest BCUT2D eigenvalue weighted by Crippen LogP contribution is 2.40. The van der Waals surface area contributed by atoms with E-state index in [1.807, 2.05) is 0 Å². The van der Waals surface area contributed by atoms with Crippen molar-refractivity contribution in [3.63, 3.8) is 0 Å². The zero-order valence-electron chi connectivity index (χ0n) is 17.0. The molecular formula is C21H24N2O7. The Kier molecular flexibility index (Phi) is 7.76. The summed E-state index contributed by atoms with van der Waals surface area (Å²) in [5, 5.41) is 9.79. The van der Waals surface area contributed by atoms with Gasteiger partial charge >= 0.3 is 5.97 Å². The van der Waals surface area contributed by atoms with Crippen molar-refractivity contribution in [2.24, 2.45) is 5.73 Å². The fraction of sp³-hybridized carbons (Fsp3) is 0.286. The first-order valence-electron chi connectivity index (χ1n) is 9.01. The Balaban J connectivity index is 2.57. The van der Waals surface area contributed by atoms with Crippen LogP contribution < -0.4 is 19.9 Å². The van der Waals surface area contributed by atoms with Crippen LogP contribution in [0.15, 0.2) is 42.5 Å². The number of carboxylic acids is 1. The number of aliphatic carboxylic acids is 1. The van der Waals surface area contributed by atoms with Crippen molar-refractivity contribution in [1.29, 1.82) is 0 Å². The molecule has 2 amide bonds. The summed E-state index contributed by atoms with van der Waals surface area (Å²) in [4.78, 5) is 38.6. The van der Waals surface area contributed by atoms with Crippen molar-refractivity contribution in [1.82, 2.24) is 4.90 Å². The van der Waals surface area contributed by atoms with Crippen LogP contribution in [0.2, 0.25) is 0 Å². The van der Waals surface area contributed by atoms with Crippen LogP contribution in [0.3, 0.4) is 0 Å². The summed E-state index contributed by atoms with van der Waals surface area (Å²) in [7, 11) is 4.11. The van der Waals surface area contributed by atoms with Gasteiger partial charge in [0.15, 0.2) is 11.5 Å². The zero-order chi connectivity index (χ0) is 22.3. The molecule has 0 saturated carbocycles. The first-order valence-corrected chi connectivity index (χ1v) is 9.01. The van der Waals surface area contributed by atoms with Crippen LogP contribution in [-0.2, 0) is 16.0 Å². The minimum Gasteiger partial charge on any atom is -0.493 e. The average Bonchev–Trinajstić information content (AvgIpc) is 2.77. The first-order chi connectivity index (χ1) is 14.4. The van der Waals surface area contributed by atoms with Gasteiger partial charge in [0.1, 0.15) is 6.04 Å². The van der Waals surface area contributed by atoms with Crippen molar-refractivity contribution in [2.75, 3.05) is 27.9 Å². The molecule has 160 valence electrons. The Bertz CT molecular complexity index is 915. The minimum absolute atomic E-state index is 0.0144. The van der Waals surface area contributed by atoms with Gasteiger partial charge in [-0.15, -0.1) is 0 Å². The molecule has 1 atom stereocenters. The van der Waals surface area contributed by atoms with Gasteiger partial charge in [-0.2, -0.15) is 0 Å². The van der Waals surface area contributed by atoms with Gasteiger partial charge in [0, 0.05) is 6.42 Å². The first kappa shape index (κ1) is 22.7. The number of benzene rings is 2. The minimum atomic E-state index is -1.46. The van der Waals surface area contributed by atoms with Gasteiger partial charge < -0.3 is 25.1 Å². The van der Waals surface area contributed by atoms with Gasteiger partial charge in [-0.3, -0.25) is 14.5 Å². The van der Waals surface area contributed by atoms with Crippen LogP contribution in [0.5, 0.6) is 17.2 Å². The summed E-state index contributed by atoms with van der Waals surface area (Å²) < 4.78 is 15.8. The second kappa shape index (κ2) is 10.3. The van der Waals surface area contributed by atoms with Gasteiger partial charge in [0.2, 0.25) is 11.7 Å². The van der Waals surface area contributed by atoms with E-state index >= 15 is 0 Å². The van der Waals surface area contributed by atoms with E-state index in [4.69, 9.17) is 19.9 Å². The van der Waals surface area contributed by atoms with E-state index in [0.29, 0.717) is 16.2 Å². The standard InChI is InChI=1S/C21H24N2O7/c1-28-16-10-9-14(18(29-2)19(16)30-3)20(25)23(17(24)12-22)15(21(26)27)11-13-7-5-4-6-8-13/h4-10,15H,11-12,22H2,1-3H3,(H,26,27). The van der Waals surface area contributed by atoms with Crippen LogP contribution >= 0.6 is 0 Å². The molecule has 1 unspecified atom stereocenters. The number of carbonyl (C=O) groups excluding carboxylic acids is 2. The molecule has 0 heterocycles. The van der Waals surface area contributed by atoms with Crippen molar-refractivity contribution >= 4 is 17.8 Å². The molecule has 2 rings (SSSR count). The van der Waals surface area contributed by atoms with Gasteiger partial charge in [-0.05, 0) is 17.7 Å². The van der Waals surface area contributed by atoms with Crippen LogP contribution in [0.1, 0.15) is 15.9 Å². The Morgan fingerprint density at radius 2 is 1.60 bits per heavy atom. The number of methoxy groups -OCH3 is 3. The summed E-state index contributed by atoms with van der Waals surface area (Å²) in [6.07, 6.45) is -0.0801. The zero-order valence-corrected chi connectivity index (χ0v) is 17.0. The van der Waals surface area contributed by atoms with E-state index in [1.54, 1.807) is 30.3 Å². The van der Waals surface area contributed by atoms with E-state index in [2.05, 4.69) is 0 Å². The SMILES string of the molecule is COc1ccc(C(=O)N(C(=O)CN)C(Cc2ccccc2)C(=O)O)c(OC)c1OC. The fourth-order valence-corrected chi connectivity index (χ4v) is 3.05. The Hall–Kier alpha value is -3.59. The number of ether oxygens (including phenoxy) is 3. The van der Waals surface area contributed by atoms with Crippen LogP contribution in [0.4, 0.5) is 0 Å². The highest BCUT2D eigenvalue weighted by molar-refractivity contribution is 6.09. The second-order valence-electron chi connectivity index (χ2n) is 6.20. The molecule has 2 aromatic carbocycles. The Morgan fingerprint density at radius 1 is 0.967 bits per heavy atom. The third kappa shape index (κ3) is 4.69. The number of carboxylic acid groups (broad SMARTS) is 1. The smallest absolute Gasteiger partial charge is 0.327 e. The molecule has 0 radical (unpaired) electrons. The van der Waals surface area contributed by atoms with E-state index in [-0.39, 0.29) is 23.5 Å². The number of amides is 2. The summed E-state index contributed by atoms with van der Waals surface area (Å²) in [5.41, 5.74) is 6.07. The molecule has 30 heavy (non-hydrogen) atoms. The average molecular weight is 416 g/mol. The molecule has 0 spiro atoms. The summed E-state index contributed by atoms with van der Waals surface area (Å²) in [5.74, 6) is -2.58. The van der Waals surface area contributed by atoms with E-state index in [1.165, 1.54) is 33.5 Å². The number of hydrogen-bond donors (Lipinski definition) is 2. The van der Waals surface area contributed by atoms with Crippen LogP contribution in [-0.4, -0.2) is 61.7 Å². The number of nitrogens with zero attached hydrogens (tertiary/aromatic N) is 1. The molecule has 3 N–H and O–H groups in total. The lowest BCUT2D eigenvalue weighted by atomic mass is 10.0. The van der Waals surface area contributed by atoms with E-state index in [0.717, 1.165) is 0 Å². The molecule has 0 aliphatic heterocycles. The third-order valence-corrected chi connectivity index (χ3v) is 4.47. The third-order valence-electron chi connectivity index (χ3n) is 4.47. The van der Waals surface area contributed by atoms with E-state index < -0.39 is 30.4 Å². The largest absolute Gasteiger partial charge is 0.493 e. The molecule has 9 nitrogen and oxygen atoms in total. The lowest BCUT2D eigenvalue weighted by Gasteiger charge is -2.28. The molecule has 0 aliphatic carbocycles. The van der Waals surface area contributed by atoms with Crippen molar-refractivity contribution in [3.05, 3.63) is 53.6 Å². The molecule has 9 heteroatoms. The molecule has 2 aromatic rings. The number of carbonyl (C=O) groups is 3. The molecule has 0 aliphatic rings. The summed E-state index contributed by atoms with van der Waals surface area (Å²) in [6.45, 7) is -0.542. The molecule has 0 fully saturated rings. The molecular weight excluding hydrogens is 392 g/mol. The topological polar surface area (TPSA) is 128 Å². The summed E-state index contributed by atoms with van der Waals surface area (Å²) in [6, 6.07) is 10.1. The van der Waals surface area contributed by atoms with Gasteiger partial charge in [0.25, 0.3) is 5.91 Å². The van der Waals surface area contributed by atoms with Crippen molar-refractivity contribution in [3.8, 4) is 17.2 Å². The summed E-state index contributed by atoms with van der Waals surface area (Å²) >= 11 is 0. The molecule has 0 saturated heterocycles. The van der Waals surface area contributed by atoms with Crippen molar-refractivity contribution < 1.29 is 33.7 Å².